The fourth-order valence-corrected chi connectivity index (χ4v) is 3.33. The summed E-state index contributed by atoms with van der Waals surface area (Å²) in [6.45, 7) is 2.91. The summed E-state index contributed by atoms with van der Waals surface area (Å²) >= 11 is 0. The lowest BCUT2D eigenvalue weighted by Gasteiger charge is -2.21. The summed E-state index contributed by atoms with van der Waals surface area (Å²) in [6, 6.07) is 8.61. The molecule has 2 aliphatic rings. The number of hydrogen-bond donors (Lipinski definition) is 1. The van der Waals surface area contributed by atoms with Gasteiger partial charge in [0.25, 0.3) is 0 Å². The van der Waals surface area contributed by atoms with Crippen LogP contribution in [0.3, 0.4) is 0 Å². The number of fused-ring (bicyclic) bond motifs is 1. The Morgan fingerprint density at radius 1 is 1.17 bits per heavy atom. The summed E-state index contributed by atoms with van der Waals surface area (Å²) in [5.74, 6) is 3.68. The highest BCUT2D eigenvalue weighted by atomic mass is 16.5. The van der Waals surface area contributed by atoms with Gasteiger partial charge in [0.1, 0.15) is 5.75 Å². The molecule has 2 fully saturated rings. The van der Waals surface area contributed by atoms with Crippen molar-refractivity contribution in [2.75, 3.05) is 6.61 Å². The zero-order valence-corrected chi connectivity index (χ0v) is 11.1. The van der Waals surface area contributed by atoms with E-state index in [1.807, 2.05) is 0 Å². The standard InChI is InChI=1S/C16H23NO/c1-2-7-18-15-5-3-11(4-6-15)16(17)14-9-12-8-13(12)10-14/h3-6,12-14,16H,2,7-10,17H2,1H3. The molecule has 0 radical (unpaired) electrons. The first-order valence-corrected chi connectivity index (χ1v) is 7.26. The maximum Gasteiger partial charge on any atom is 0.119 e. The van der Waals surface area contributed by atoms with Gasteiger partial charge in [-0.15, -0.1) is 0 Å². The normalized spacial score (nSPS) is 30.9. The molecule has 2 saturated carbocycles. The number of nitrogens with two attached hydrogens (primary N) is 1. The van der Waals surface area contributed by atoms with Crippen LogP contribution < -0.4 is 10.5 Å². The van der Waals surface area contributed by atoms with Crippen LogP contribution in [0.4, 0.5) is 0 Å². The van der Waals surface area contributed by atoms with Crippen LogP contribution in [0, 0.1) is 17.8 Å². The van der Waals surface area contributed by atoms with Crippen molar-refractivity contribution in [2.45, 2.75) is 38.6 Å². The SMILES string of the molecule is CCCOc1ccc(C(N)C2CC3CC3C2)cc1. The molecule has 0 heterocycles. The zero-order valence-electron chi connectivity index (χ0n) is 11.1. The maximum absolute atomic E-state index is 6.39. The van der Waals surface area contributed by atoms with Crippen LogP contribution in [0.25, 0.3) is 0 Å². The van der Waals surface area contributed by atoms with Gasteiger partial charge in [0.2, 0.25) is 0 Å². The first kappa shape index (κ1) is 12.0. The predicted molar refractivity (Wildman–Crippen MR) is 73.5 cm³/mol. The van der Waals surface area contributed by atoms with Gasteiger partial charge in [-0.1, -0.05) is 19.1 Å². The summed E-state index contributed by atoms with van der Waals surface area (Å²) < 4.78 is 5.60. The van der Waals surface area contributed by atoms with Gasteiger partial charge in [-0.2, -0.15) is 0 Å². The molecule has 3 rings (SSSR count). The van der Waals surface area contributed by atoms with Crippen LogP contribution in [0.15, 0.2) is 24.3 Å². The van der Waals surface area contributed by atoms with Gasteiger partial charge in [0.15, 0.2) is 0 Å². The summed E-state index contributed by atoms with van der Waals surface area (Å²) in [7, 11) is 0. The topological polar surface area (TPSA) is 35.2 Å². The van der Waals surface area contributed by atoms with Gasteiger partial charge >= 0.3 is 0 Å². The lowest BCUT2D eigenvalue weighted by Crippen LogP contribution is -2.20. The molecule has 2 nitrogen and oxygen atoms in total. The molecule has 0 spiro atoms. The fraction of sp³-hybridized carbons (Fsp3) is 0.625. The molecule has 1 aromatic carbocycles. The van der Waals surface area contributed by atoms with Crippen molar-refractivity contribution in [1.82, 2.24) is 0 Å². The molecular weight excluding hydrogens is 222 g/mol. The third-order valence-corrected chi connectivity index (χ3v) is 4.53. The second-order valence-corrected chi connectivity index (χ2v) is 5.93. The molecule has 18 heavy (non-hydrogen) atoms. The Balaban J connectivity index is 1.61. The number of hydrogen-bond acceptors (Lipinski definition) is 2. The molecule has 2 aliphatic carbocycles. The maximum atomic E-state index is 6.39. The Kier molecular flexibility index (Phi) is 3.29. The number of benzene rings is 1. The number of ether oxygens (including phenoxy) is 1. The van der Waals surface area contributed by atoms with Crippen LogP contribution in [0.2, 0.25) is 0 Å². The van der Waals surface area contributed by atoms with Crippen molar-refractivity contribution in [3.63, 3.8) is 0 Å². The van der Waals surface area contributed by atoms with E-state index in [9.17, 15) is 0 Å². The Hall–Kier alpha value is -1.02. The number of rotatable bonds is 5. The summed E-state index contributed by atoms with van der Waals surface area (Å²) in [4.78, 5) is 0. The van der Waals surface area contributed by atoms with Gasteiger partial charge in [0, 0.05) is 6.04 Å². The van der Waals surface area contributed by atoms with E-state index in [1.54, 1.807) is 0 Å². The van der Waals surface area contributed by atoms with E-state index in [0.29, 0.717) is 5.92 Å². The minimum atomic E-state index is 0.220. The molecule has 2 heteroatoms. The zero-order chi connectivity index (χ0) is 12.5. The van der Waals surface area contributed by atoms with E-state index in [4.69, 9.17) is 10.5 Å². The lowest BCUT2D eigenvalue weighted by molar-refractivity contribution is 0.317. The van der Waals surface area contributed by atoms with Crippen molar-refractivity contribution in [3.05, 3.63) is 29.8 Å². The molecule has 3 unspecified atom stereocenters. The van der Waals surface area contributed by atoms with E-state index in [2.05, 4.69) is 31.2 Å². The quantitative estimate of drug-likeness (QED) is 0.861. The molecule has 0 amide bonds. The lowest BCUT2D eigenvalue weighted by atomic mass is 9.90. The molecule has 0 saturated heterocycles. The molecule has 2 N–H and O–H groups in total. The van der Waals surface area contributed by atoms with Crippen LogP contribution in [0.5, 0.6) is 5.75 Å². The third kappa shape index (κ3) is 2.39. The first-order valence-electron chi connectivity index (χ1n) is 7.26. The highest BCUT2D eigenvalue weighted by Crippen LogP contribution is 2.56. The molecule has 0 aliphatic heterocycles. The minimum Gasteiger partial charge on any atom is -0.494 e. The highest BCUT2D eigenvalue weighted by Gasteiger charge is 2.47. The van der Waals surface area contributed by atoms with Gasteiger partial charge in [0.05, 0.1) is 6.61 Å². The van der Waals surface area contributed by atoms with Crippen LogP contribution in [0.1, 0.15) is 44.2 Å². The van der Waals surface area contributed by atoms with Crippen molar-refractivity contribution in [2.24, 2.45) is 23.5 Å². The Bertz CT molecular complexity index is 390. The van der Waals surface area contributed by atoms with Crippen LogP contribution in [-0.4, -0.2) is 6.61 Å². The minimum absolute atomic E-state index is 0.220. The predicted octanol–water partition coefficient (Wildman–Crippen LogP) is 3.52. The van der Waals surface area contributed by atoms with E-state index in [-0.39, 0.29) is 6.04 Å². The van der Waals surface area contributed by atoms with E-state index in [1.165, 1.54) is 24.8 Å². The van der Waals surface area contributed by atoms with Crippen LogP contribution >= 0.6 is 0 Å². The second kappa shape index (κ2) is 4.93. The van der Waals surface area contributed by atoms with Gasteiger partial charge in [-0.3, -0.25) is 0 Å². The molecular formula is C16H23NO. The Labute approximate surface area is 110 Å². The Morgan fingerprint density at radius 2 is 1.83 bits per heavy atom. The molecule has 0 aromatic heterocycles. The molecule has 0 bridgehead atoms. The van der Waals surface area contributed by atoms with Gasteiger partial charge < -0.3 is 10.5 Å². The average Bonchev–Trinajstić information content (AvgIpc) is 3.03. The van der Waals surface area contributed by atoms with Crippen molar-refractivity contribution in [3.8, 4) is 5.75 Å². The summed E-state index contributed by atoms with van der Waals surface area (Å²) in [6.07, 6.45) is 5.21. The summed E-state index contributed by atoms with van der Waals surface area (Å²) in [5, 5.41) is 0. The Morgan fingerprint density at radius 3 is 2.44 bits per heavy atom. The first-order chi connectivity index (χ1) is 8.78. The third-order valence-electron chi connectivity index (χ3n) is 4.53. The van der Waals surface area contributed by atoms with E-state index < -0.39 is 0 Å². The van der Waals surface area contributed by atoms with Crippen molar-refractivity contribution < 1.29 is 4.74 Å². The highest BCUT2D eigenvalue weighted by molar-refractivity contribution is 5.29. The smallest absolute Gasteiger partial charge is 0.119 e. The average molecular weight is 245 g/mol. The van der Waals surface area contributed by atoms with Crippen molar-refractivity contribution >= 4 is 0 Å². The van der Waals surface area contributed by atoms with Gasteiger partial charge in [-0.25, -0.2) is 0 Å². The largest absolute Gasteiger partial charge is 0.494 e. The molecule has 3 atom stereocenters. The molecule has 1 aromatic rings. The fourth-order valence-electron chi connectivity index (χ4n) is 3.33. The molecule has 98 valence electrons. The van der Waals surface area contributed by atoms with Crippen molar-refractivity contribution in [1.29, 1.82) is 0 Å². The van der Waals surface area contributed by atoms with E-state index >= 15 is 0 Å². The van der Waals surface area contributed by atoms with Crippen LogP contribution in [-0.2, 0) is 0 Å². The second-order valence-electron chi connectivity index (χ2n) is 5.93. The monoisotopic (exact) mass is 245 g/mol. The van der Waals surface area contributed by atoms with Gasteiger partial charge in [-0.05, 0) is 61.1 Å². The summed E-state index contributed by atoms with van der Waals surface area (Å²) in [5.41, 5.74) is 7.66. The van der Waals surface area contributed by atoms with E-state index in [0.717, 1.165) is 30.6 Å².